The number of amides is 1. The monoisotopic (exact) mass is 423 g/mol. The Hall–Kier alpha value is -2.79. The van der Waals surface area contributed by atoms with Gasteiger partial charge >= 0.3 is 12.1 Å². The van der Waals surface area contributed by atoms with Crippen LogP contribution in [0.5, 0.6) is 0 Å². The number of hydrogen-bond donors (Lipinski definition) is 4. The van der Waals surface area contributed by atoms with Crippen molar-refractivity contribution in [2.24, 2.45) is 0 Å². The SMILES string of the molecule is CC(O)NS(=O)[O-].O=C(NC(Cc1ccccc1)C(=O)O)OCc1ccccc1. The molecule has 0 radical (unpaired) electrons. The summed E-state index contributed by atoms with van der Waals surface area (Å²) in [4.78, 5) is 23.0. The predicted molar refractivity (Wildman–Crippen MR) is 105 cm³/mol. The number of carbonyl (C=O) groups is 2. The largest absolute Gasteiger partial charge is 0.760 e. The standard InChI is InChI=1S/C17H17NO4.C2H7NO3S/c19-16(20)15(11-13-7-3-1-4-8-13)18-17(21)22-12-14-9-5-2-6-10-14;1-2(4)3-7(5)6/h1-10,15H,11-12H2,(H,18,21)(H,19,20);2-4H,1H3,(H,5,6)/p-1. The second-order valence-corrected chi connectivity index (χ2v) is 6.52. The van der Waals surface area contributed by atoms with E-state index in [1.165, 1.54) is 6.92 Å². The van der Waals surface area contributed by atoms with E-state index in [9.17, 15) is 23.5 Å². The number of carboxylic acid groups (broad SMARTS) is 1. The Morgan fingerprint density at radius 3 is 2.00 bits per heavy atom. The van der Waals surface area contributed by atoms with Crippen LogP contribution in [0.3, 0.4) is 0 Å². The molecule has 1 amide bonds. The molecule has 0 aliphatic rings. The number of alkyl carbamates (subject to hydrolysis) is 1. The summed E-state index contributed by atoms with van der Waals surface area (Å²) in [6.45, 7) is 1.42. The molecule has 4 N–H and O–H groups in total. The van der Waals surface area contributed by atoms with Crippen molar-refractivity contribution in [1.82, 2.24) is 10.0 Å². The molecule has 0 fully saturated rings. The van der Waals surface area contributed by atoms with E-state index in [0.717, 1.165) is 11.1 Å². The van der Waals surface area contributed by atoms with Crippen LogP contribution in [0, 0.1) is 0 Å². The third-order valence-electron chi connectivity index (χ3n) is 3.35. The summed E-state index contributed by atoms with van der Waals surface area (Å²) in [5.74, 6) is -1.10. The van der Waals surface area contributed by atoms with E-state index in [4.69, 9.17) is 9.84 Å². The Kier molecular flexibility index (Phi) is 11.2. The third-order valence-corrected chi connectivity index (χ3v) is 3.89. The van der Waals surface area contributed by atoms with Crippen molar-refractivity contribution in [3.8, 4) is 0 Å². The maximum atomic E-state index is 11.7. The molecule has 0 saturated heterocycles. The zero-order valence-corrected chi connectivity index (χ0v) is 16.5. The van der Waals surface area contributed by atoms with Gasteiger partial charge in [-0.05, 0) is 18.1 Å². The summed E-state index contributed by atoms with van der Waals surface area (Å²) in [6, 6.07) is 17.3. The molecule has 0 aliphatic heterocycles. The summed E-state index contributed by atoms with van der Waals surface area (Å²) >= 11 is -2.35. The van der Waals surface area contributed by atoms with Crippen LogP contribution in [0.25, 0.3) is 0 Å². The molecule has 3 atom stereocenters. The van der Waals surface area contributed by atoms with Crippen molar-refractivity contribution in [1.29, 1.82) is 0 Å². The molecular weight excluding hydrogens is 400 g/mol. The summed E-state index contributed by atoms with van der Waals surface area (Å²) in [6.07, 6.45) is -1.53. The fourth-order valence-corrected chi connectivity index (χ4v) is 2.37. The van der Waals surface area contributed by atoms with Gasteiger partial charge in [-0.25, -0.2) is 14.3 Å². The summed E-state index contributed by atoms with van der Waals surface area (Å²) in [5, 5.41) is 19.8. The third kappa shape index (κ3) is 11.6. The van der Waals surface area contributed by atoms with Gasteiger partial charge in [-0.1, -0.05) is 60.7 Å². The molecule has 29 heavy (non-hydrogen) atoms. The van der Waals surface area contributed by atoms with Gasteiger partial charge in [-0.2, -0.15) is 0 Å². The van der Waals surface area contributed by atoms with Gasteiger partial charge in [0.05, 0.1) is 0 Å². The molecule has 0 aromatic heterocycles. The fraction of sp³-hybridized carbons (Fsp3) is 0.263. The summed E-state index contributed by atoms with van der Waals surface area (Å²) in [7, 11) is 0. The highest BCUT2D eigenvalue weighted by Crippen LogP contribution is 2.05. The maximum absolute atomic E-state index is 11.7. The minimum absolute atomic E-state index is 0.102. The van der Waals surface area contributed by atoms with Gasteiger partial charge < -0.3 is 24.8 Å². The number of aliphatic hydroxyl groups excluding tert-OH is 1. The molecule has 0 saturated carbocycles. The van der Waals surface area contributed by atoms with Crippen LogP contribution in [0.2, 0.25) is 0 Å². The highest BCUT2D eigenvalue weighted by Gasteiger charge is 2.21. The van der Waals surface area contributed by atoms with Gasteiger partial charge in [-0.15, -0.1) is 0 Å². The van der Waals surface area contributed by atoms with Crippen molar-refractivity contribution in [2.75, 3.05) is 0 Å². The molecule has 0 aliphatic carbocycles. The molecule has 0 spiro atoms. The lowest BCUT2D eigenvalue weighted by molar-refractivity contribution is -0.139. The molecule has 10 heteroatoms. The van der Waals surface area contributed by atoms with Crippen LogP contribution >= 0.6 is 0 Å². The van der Waals surface area contributed by atoms with Crippen LogP contribution in [0.15, 0.2) is 60.7 Å². The van der Waals surface area contributed by atoms with E-state index in [-0.39, 0.29) is 13.0 Å². The van der Waals surface area contributed by atoms with Gasteiger partial charge in [0.25, 0.3) is 0 Å². The molecule has 0 heterocycles. The van der Waals surface area contributed by atoms with E-state index < -0.39 is 35.6 Å². The van der Waals surface area contributed by atoms with Gasteiger partial charge in [-0.3, -0.25) is 4.21 Å². The number of nitrogens with one attached hydrogen (secondary N) is 2. The molecule has 9 nitrogen and oxygen atoms in total. The average Bonchev–Trinajstić information content (AvgIpc) is 2.67. The van der Waals surface area contributed by atoms with E-state index in [0.29, 0.717) is 0 Å². The number of carbonyl (C=O) groups excluding carboxylic acids is 1. The van der Waals surface area contributed by atoms with Crippen LogP contribution < -0.4 is 10.0 Å². The Morgan fingerprint density at radius 1 is 1.07 bits per heavy atom. The lowest BCUT2D eigenvalue weighted by Gasteiger charge is -2.14. The van der Waals surface area contributed by atoms with Gasteiger partial charge in [0.1, 0.15) is 18.9 Å². The molecular formula is C19H23N2O7S-. The lowest BCUT2D eigenvalue weighted by Crippen LogP contribution is -2.42. The molecule has 2 aromatic rings. The quantitative estimate of drug-likeness (QED) is 0.370. The predicted octanol–water partition coefficient (Wildman–Crippen LogP) is 1.32. The maximum Gasteiger partial charge on any atom is 0.408 e. The number of aliphatic hydroxyl groups is 1. The fourth-order valence-electron chi connectivity index (χ4n) is 2.10. The first-order valence-corrected chi connectivity index (χ1v) is 9.63. The van der Waals surface area contributed by atoms with Gasteiger partial charge in [0, 0.05) is 17.7 Å². The van der Waals surface area contributed by atoms with Crippen molar-refractivity contribution in [3.05, 3.63) is 71.8 Å². The van der Waals surface area contributed by atoms with Gasteiger partial charge in [0.15, 0.2) is 0 Å². The zero-order chi connectivity index (χ0) is 21.6. The highest BCUT2D eigenvalue weighted by atomic mass is 32.2. The van der Waals surface area contributed by atoms with E-state index in [1.54, 1.807) is 4.72 Å². The minimum atomic E-state index is -2.35. The van der Waals surface area contributed by atoms with E-state index in [1.807, 2.05) is 60.7 Å². The highest BCUT2D eigenvalue weighted by molar-refractivity contribution is 7.77. The topological polar surface area (TPSA) is 148 Å². The average molecular weight is 423 g/mol. The zero-order valence-electron chi connectivity index (χ0n) is 15.7. The van der Waals surface area contributed by atoms with Crippen LogP contribution in [0.4, 0.5) is 4.79 Å². The van der Waals surface area contributed by atoms with E-state index in [2.05, 4.69) is 5.32 Å². The van der Waals surface area contributed by atoms with Crippen molar-refractivity contribution < 1.29 is 33.3 Å². The van der Waals surface area contributed by atoms with Crippen molar-refractivity contribution in [2.45, 2.75) is 32.2 Å². The molecule has 158 valence electrons. The van der Waals surface area contributed by atoms with Crippen LogP contribution in [0.1, 0.15) is 18.1 Å². The summed E-state index contributed by atoms with van der Waals surface area (Å²) < 4.78 is 25.9. The number of carboxylic acids is 1. The van der Waals surface area contributed by atoms with Crippen LogP contribution in [-0.4, -0.2) is 43.3 Å². The molecule has 3 unspecified atom stereocenters. The van der Waals surface area contributed by atoms with Crippen LogP contribution in [-0.2, 0) is 33.8 Å². The Balaban J connectivity index is 0.000000516. The molecule has 2 rings (SSSR count). The normalized spacial score (nSPS) is 13.2. The number of rotatable bonds is 8. The number of ether oxygens (including phenoxy) is 1. The number of hydrogen-bond acceptors (Lipinski definition) is 6. The van der Waals surface area contributed by atoms with E-state index >= 15 is 0 Å². The Bertz CT molecular complexity index is 773. The number of benzene rings is 2. The smallest absolute Gasteiger partial charge is 0.408 e. The second kappa shape index (κ2) is 13.4. The first-order chi connectivity index (χ1) is 13.8. The van der Waals surface area contributed by atoms with Crippen molar-refractivity contribution in [3.63, 3.8) is 0 Å². The Labute approximate surface area is 171 Å². The van der Waals surface area contributed by atoms with Gasteiger partial charge in [0.2, 0.25) is 0 Å². The Morgan fingerprint density at radius 2 is 1.59 bits per heavy atom. The molecule has 0 bridgehead atoms. The first kappa shape index (κ1) is 24.2. The minimum Gasteiger partial charge on any atom is -0.760 e. The lowest BCUT2D eigenvalue weighted by atomic mass is 10.1. The van der Waals surface area contributed by atoms with Crippen molar-refractivity contribution >= 4 is 23.3 Å². The molecule has 2 aromatic carbocycles. The second-order valence-electron chi connectivity index (χ2n) is 5.82. The number of aliphatic carboxylic acids is 1. The summed E-state index contributed by atoms with van der Waals surface area (Å²) in [5.41, 5.74) is 1.67. The first-order valence-electron chi connectivity index (χ1n) is 8.55.